The highest BCUT2D eigenvalue weighted by atomic mass is 16.5. The van der Waals surface area contributed by atoms with Gasteiger partial charge in [0.05, 0.1) is 6.61 Å². The minimum atomic E-state index is -0.543. The van der Waals surface area contributed by atoms with Crippen LogP contribution >= 0.6 is 0 Å². The Hall–Kier alpha value is -1.58. The van der Waals surface area contributed by atoms with Crippen molar-refractivity contribution in [3.05, 3.63) is 24.0 Å². The maximum absolute atomic E-state index is 11.2. The van der Waals surface area contributed by atoms with Gasteiger partial charge in [0.2, 0.25) is 0 Å². The third kappa shape index (κ3) is 8.01. The van der Waals surface area contributed by atoms with Crippen molar-refractivity contribution >= 4 is 5.91 Å². The monoisotopic (exact) mass is 306 g/mol. The van der Waals surface area contributed by atoms with Crippen LogP contribution in [-0.4, -0.2) is 17.5 Å². The van der Waals surface area contributed by atoms with Crippen molar-refractivity contribution in [2.75, 3.05) is 6.61 Å². The van der Waals surface area contributed by atoms with Crippen molar-refractivity contribution in [1.29, 1.82) is 0 Å². The summed E-state index contributed by atoms with van der Waals surface area (Å²) in [5.41, 5.74) is 5.48. The smallest absolute Gasteiger partial charge is 0.271 e. The number of carbonyl (C=O) groups is 1. The second-order valence-corrected chi connectivity index (χ2v) is 5.74. The van der Waals surface area contributed by atoms with E-state index in [1.807, 2.05) is 0 Å². The van der Waals surface area contributed by atoms with Crippen molar-refractivity contribution < 1.29 is 9.53 Å². The minimum Gasteiger partial charge on any atom is -0.491 e. The number of unbranched alkanes of at least 4 members (excludes halogenated alkanes) is 9. The SMILES string of the molecule is CCCCCCCCCCCCOc1cccnc1C(N)=O. The van der Waals surface area contributed by atoms with Gasteiger partial charge in [-0.15, -0.1) is 0 Å². The van der Waals surface area contributed by atoms with Crippen LogP contribution in [-0.2, 0) is 0 Å². The molecule has 0 fully saturated rings. The van der Waals surface area contributed by atoms with E-state index in [-0.39, 0.29) is 5.69 Å². The van der Waals surface area contributed by atoms with Crippen molar-refractivity contribution in [3.8, 4) is 5.75 Å². The minimum absolute atomic E-state index is 0.217. The zero-order valence-electron chi connectivity index (χ0n) is 13.9. The maximum atomic E-state index is 11.2. The summed E-state index contributed by atoms with van der Waals surface area (Å²) in [5, 5.41) is 0. The average Bonchev–Trinajstić information content (AvgIpc) is 2.53. The van der Waals surface area contributed by atoms with Crippen molar-refractivity contribution in [3.63, 3.8) is 0 Å². The van der Waals surface area contributed by atoms with Crippen LogP contribution in [0.15, 0.2) is 18.3 Å². The maximum Gasteiger partial charge on any atom is 0.271 e. The van der Waals surface area contributed by atoms with Gasteiger partial charge < -0.3 is 10.5 Å². The molecule has 0 bridgehead atoms. The Balaban J connectivity index is 2.01. The first kappa shape index (κ1) is 18.5. The predicted molar refractivity (Wildman–Crippen MR) is 90.1 cm³/mol. The molecular weight excluding hydrogens is 276 g/mol. The van der Waals surface area contributed by atoms with Crippen LogP contribution in [0.4, 0.5) is 0 Å². The number of pyridine rings is 1. The van der Waals surface area contributed by atoms with Gasteiger partial charge >= 0.3 is 0 Å². The molecule has 4 heteroatoms. The van der Waals surface area contributed by atoms with Gasteiger partial charge in [-0.25, -0.2) is 4.98 Å². The highest BCUT2D eigenvalue weighted by molar-refractivity contribution is 5.93. The van der Waals surface area contributed by atoms with Gasteiger partial charge in [0.15, 0.2) is 11.4 Å². The lowest BCUT2D eigenvalue weighted by atomic mass is 10.1. The molecule has 1 heterocycles. The summed E-state index contributed by atoms with van der Waals surface area (Å²) >= 11 is 0. The van der Waals surface area contributed by atoms with Crippen molar-refractivity contribution in [1.82, 2.24) is 4.98 Å². The number of hydrogen-bond acceptors (Lipinski definition) is 3. The van der Waals surface area contributed by atoms with Crippen LogP contribution in [0.5, 0.6) is 5.75 Å². The van der Waals surface area contributed by atoms with E-state index >= 15 is 0 Å². The molecule has 2 N–H and O–H groups in total. The Morgan fingerprint density at radius 1 is 1.05 bits per heavy atom. The Morgan fingerprint density at radius 2 is 1.64 bits per heavy atom. The lowest BCUT2D eigenvalue weighted by Gasteiger charge is -2.08. The van der Waals surface area contributed by atoms with Crippen LogP contribution in [0, 0.1) is 0 Å². The predicted octanol–water partition coefficient (Wildman–Crippen LogP) is 4.48. The fourth-order valence-electron chi connectivity index (χ4n) is 2.46. The summed E-state index contributed by atoms with van der Waals surface area (Å²) in [6, 6.07) is 3.49. The molecule has 0 atom stereocenters. The number of rotatable bonds is 13. The van der Waals surface area contributed by atoms with Crippen LogP contribution in [0.25, 0.3) is 0 Å². The Labute approximate surface area is 134 Å². The third-order valence-corrected chi connectivity index (χ3v) is 3.76. The molecule has 0 aromatic carbocycles. The summed E-state index contributed by atoms with van der Waals surface area (Å²) in [4.78, 5) is 15.2. The zero-order chi connectivity index (χ0) is 16.0. The molecule has 4 nitrogen and oxygen atoms in total. The molecule has 0 unspecified atom stereocenters. The number of hydrogen-bond donors (Lipinski definition) is 1. The molecule has 0 spiro atoms. The first-order chi connectivity index (χ1) is 10.8. The van der Waals surface area contributed by atoms with Crippen molar-refractivity contribution in [2.45, 2.75) is 71.1 Å². The molecule has 0 radical (unpaired) electrons. The molecule has 1 rings (SSSR count). The summed E-state index contributed by atoms with van der Waals surface area (Å²) in [6.07, 6.45) is 14.5. The van der Waals surface area contributed by atoms with Gasteiger partial charge in [-0.1, -0.05) is 64.7 Å². The molecule has 22 heavy (non-hydrogen) atoms. The number of primary amides is 1. The van der Waals surface area contributed by atoms with Crippen LogP contribution in [0.2, 0.25) is 0 Å². The Morgan fingerprint density at radius 3 is 2.23 bits per heavy atom. The van der Waals surface area contributed by atoms with Crippen LogP contribution in [0.3, 0.4) is 0 Å². The fraction of sp³-hybridized carbons (Fsp3) is 0.667. The van der Waals surface area contributed by atoms with E-state index < -0.39 is 5.91 Å². The Kier molecular flexibility index (Phi) is 10.1. The lowest BCUT2D eigenvalue weighted by Crippen LogP contribution is -2.15. The van der Waals surface area contributed by atoms with Crippen LogP contribution in [0.1, 0.15) is 81.6 Å². The first-order valence-electron chi connectivity index (χ1n) is 8.63. The van der Waals surface area contributed by atoms with E-state index in [1.54, 1.807) is 18.3 Å². The Bertz CT molecular complexity index is 421. The highest BCUT2D eigenvalue weighted by Crippen LogP contribution is 2.15. The highest BCUT2D eigenvalue weighted by Gasteiger charge is 2.09. The van der Waals surface area contributed by atoms with E-state index in [0.717, 1.165) is 6.42 Å². The molecule has 0 aliphatic rings. The molecule has 1 aromatic rings. The first-order valence-corrected chi connectivity index (χ1v) is 8.63. The molecule has 0 aliphatic heterocycles. The van der Waals surface area contributed by atoms with Crippen LogP contribution < -0.4 is 10.5 Å². The molecule has 1 amide bonds. The summed E-state index contributed by atoms with van der Waals surface area (Å²) in [5.74, 6) is -0.0513. The van der Waals surface area contributed by atoms with Gasteiger partial charge in [-0.3, -0.25) is 4.79 Å². The summed E-state index contributed by atoms with van der Waals surface area (Å²) in [6.45, 7) is 2.86. The quantitative estimate of drug-likeness (QED) is 0.546. The second kappa shape index (κ2) is 12.0. The molecular formula is C18H30N2O2. The lowest BCUT2D eigenvalue weighted by molar-refractivity contribution is 0.0991. The van der Waals surface area contributed by atoms with E-state index in [0.29, 0.717) is 12.4 Å². The van der Waals surface area contributed by atoms with Gasteiger partial charge in [0.25, 0.3) is 5.91 Å². The summed E-state index contributed by atoms with van der Waals surface area (Å²) in [7, 11) is 0. The topological polar surface area (TPSA) is 65.2 Å². The number of ether oxygens (including phenoxy) is 1. The standard InChI is InChI=1S/C18H30N2O2/c1-2-3-4-5-6-7-8-9-10-11-15-22-16-13-12-14-20-17(16)18(19)21/h12-14H,2-11,15H2,1H3,(H2,19,21). The van der Waals surface area contributed by atoms with Gasteiger partial charge in [0, 0.05) is 6.20 Å². The number of nitrogens with zero attached hydrogens (tertiary/aromatic N) is 1. The van der Waals surface area contributed by atoms with E-state index in [9.17, 15) is 4.79 Å². The molecule has 0 aliphatic carbocycles. The number of amides is 1. The molecule has 0 saturated heterocycles. The molecule has 0 saturated carbocycles. The van der Waals surface area contributed by atoms with Gasteiger partial charge in [-0.05, 0) is 18.6 Å². The summed E-state index contributed by atoms with van der Waals surface area (Å²) < 4.78 is 5.61. The number of aromatic nitrogens is 1. The number of carbonyl (C=O) groups excluding carboxylic acids is 1. The van der Waals surface area contributed by atoms with E-state index in [4.69, 9.17) is 10.5 Å². The molecule has 124 valence electrons. The van der Waals surface area contributed by atoms with Gasteiger partial charge in [0.1, 0.15) is 0 Å². The average molecular weight is 306 g/mol. The van der Waals surface area contributed by atoms with Gasteiger partial charge in [-0.2, -0.15) is 0 Å². The molecule has 1 aromatic heterocycles. The second-order valence-electron chi connectivity index (χ2n) is 5.74. The van der Waals surface area contributed by atoms with E-state index in [1.165, 1.54) is 57.8 Å². The van der Waals surface area contributed by atoms with E-state index in [2.05, 4.69) is 11.9 Å². The fourth-order valence-corrected chi connectivity index (χ4v) is 2.46. The third-order valence-electron chi connectivity index (χ3n) is 3.76. The number of nitrogens with two attached hydrogens (primary N) is 1. The largest absolute Gasteiger partial charge is 0.491 e. The normalized spacial score (nSPS) is 10.6. The zero-order valence-corrected chi connectivity index (χ0v) is 13.9. The van der Waals surface area contributed by atoms with Crippen molar-refractivity contribution in [2.24, 2.45) is 5.73 Å².